The molecule has 0 aliphatic carbocycles. The third kappa shape index (κ3) is 4.57. The van der Waals surface area contributed by atoms with Gasteiger partial charge in [0.1, 0.15) is 16.1 Å². The molecule has 0 saturated heterocycles. The minimum absolute atomic E-state index is 0.0508. The molecule has 0 radical (unpaired) electrons. The molecule has 6 heteroatoms. The highest BCUT2D eigenvalue weighted by Crippen LogP contribution is 2.33. The molecule has 0 aliphatic heterocycles. The van der Waals surface area contributed by atoms with Gasteiger partial charge < -0.3 is 0 Å². The Morgan fingerprint density at radius 3 is 2.11 bits per heavy atom. The lowest BCUT2D eigenvalue weighted by atomic mass is 10.1. The number of nitrogens with zero attached hydrogens (tertiary/aromatic N) is 2. The predicted molar refractivity (Wildman–Crippen MR) is 80.3 cm³/mol. The van der Waals surface area contributed by atoms with E-state index in [1.807, 2.05) is 0 Å². The van der Waals surface area contributed by atoms with Crippen molar-refractivity contribution in [3.63, 3.8) is 0 Å². The number of hydrogen-bond donors (Lipinski definition) is 1. The largest absolute Gasteiger partial charge is 0.256 e. The molecule has 1 N–H and O–H groups in total. The molecule has 1 heterocycles. The lowest BCUT2D eigenvalue weighted by Crippen LogP contribution is -2.22. The molecule has 1 rings (SSSR count). The summed E-state index contributed by atoms with van der Waals surface area (Å²) in [5.41, 5.74) is 0.781. The smallest absolute Gasteiger partial charge is 0.139 e. The van der Waals surface area contributed by atoms with E-state index in [2.05, 4.69) is 42.4 Å². The van der Waals surface area contributed by atoms with E-state index in [0.29, 0.717) is 16.1 Å². The topological polar surface area (TPSA) is 37.8 Å². The van der Waals surface area contributed by atoms with Crippen molar-refractivity contribution in [2.75, 3.05) is 0 Å². The van der Waals surface area contributed by atoms with Crippen molar-refractivity contribution in [1.82, 2.24) is 14.7 Å². The molecule has 1 atom stereocenters. The summed E-state index contributed by atoms with van der Waals surface area (Å²) in [6, 6.07) is 0.0508. The Kier molecular flexibility index (Phi) is 5.71. The van der Waals surface area contributed by atoms with Gasteiger partial charge in [0.2, 0.25) is 0 Å². The van der Waals surface area contributed by atoms with Crippen LogP contribution in [0.3, 0.4) is 0 Å². The number of nitrogens with one attached hydrogen (secondary N) is 1. The lowest BCUT2D eigenvalue weighted by Gasteiger charge is -2.24. The monoisotopic (exact) mass is 307 g/mol. The molecular formula is C12H19Cl2N3S. The van der Waals surface area contributed by atoms with Crippen molar-refractivity contribution >= 4 is 35.1 Å². The van der Waals surface area contributed by atoms with Crippen LogP contribution in [0.1, 0.15) is 51.5 Å². The first-order chi connectivity index (χ1) is 8.24. The minimum Gasteiger partial charge on any atom is -0.256 e. The Bertz CT molecular complexity index is 395. The van der Waals surface area contributed by atoms with Crippen LogP contribution in [0.4, 0.5) is 0 Å². The molecule has 0 fully saturated rings. The summed E-state index contributed by atoms with van der Waals surface area (Å²) in [5, 5.41) is 0.864. The molecule has 1 unspecified atom stereocenters. The summed E-state index contributed by atoms with van der Waals surface area (Å²) >= 11 is 14.0. The normalized spacial score (nSPS) is 13.7. The van der Waals surface area contributed by atoms with E-state index in [1.54, 1.807) is 18.9 Å². The fourth-order valence-corrected chi connectivity index (χ4v) is 2.91. The van der Waals surface area contributed by atoms with Gasteiger partial charge in [0.05, 0.1) is 0 Å². The van der Waals surface area contributed by atoms with Crippen LogP contribution in [0.15, 0.2) is 0 Å². The maximum atomic E-state index is 6.17. The van der Waals surface area contributed by atoms with E-state index < -0.39 is 0 Å². The fourth-order valence-electron chi connectivity index (χ4n) is 1.40. The number of hydrogen-bond acceptors (Lipinski definition) is 4. The zero-order valence-electron chi connectivity index (χ0n) is 11.3. The van der Waals surface area contributed by atoms with Crippen LogP contribution >= 0.6 is 35.1 Å². The van der Waals surface area contributed by atoms with Crippen LogP contribution in [0, 0.1) is 6.92 Å². The van der Waals surface area contributed by atoms with Gasteiger partial charge in [-0.3, -0.25) is 4.72 Å². The number of aryl methyl sites for hydroxylation is 1. The van der Waals surface area contributed by atoms with Gasteiger partial charge in [-0.2, -0.15) is 0 Å². The van der Waals surface area contributed by atoms with Gasteiger partial charge in [0.15, 0.2) is 0 Å². The second-order valence-electron chi connectivity index (χ2n) is 5.06. The number of halogens is 2. The summed E-state index contributed by atoms with van der Waals surface area (Å²) in [6.07, 6.45) is 0.870. The number of rotatable bonds is 4. The summed E-state index contributed by atoms with van der Waals surface area (Å²) in [6.45, 7) is 10.3. The second kappa shape index (κ2) is 6.42. The van der Waals surface area contributed by atoms with E-state index >= 15 is 0 Å². The second-order valence-corrected chi connectivity index (χ2v) is 7.44. The zero-order valence-corrected chi connectivity index (χ0v) is 13.7. The third-order valence-corrected chi connectivity index (χ3v) is 3.82. The molecule has 0 aromatic carbocycles. The molecule has 0 saturated carbocycles. The van der Waals surface area contributed by atoms with Gasteiger partial charge in [0, 0.05) is 16.4 Å². The average Bonchev–Trinajstić information content (AvgIpc) is 2.20. The Labute approximate surface area is 123 Å². The van der Waals surface area contributed by atoms with E-state index in [4.69, 9.17) is 23.2 Å². The first kappa shape index (κ1) is 16.0. The molecule has 0 bridgehead atoms. The van der Waals surface area contributed by atoms with E-state index in [1.165, 1.54) is 0 Å². The Hall–Kier alpha value is -0.0300. The quantitative estimate of drug-likeness (QED) is 0.652. The predicted octanol–water partition coefficient (Wildman–Crippen LogP) is 4.58. The molecule has 1 aromatic rings. The van der Waals surface area contributed by atoms with Crippen molar-refractivity contribution in [2.45, 2.75) is 51.8 Å². The maximum absolute atomic E-state index is 6.17. The molecule has 0 aliphatic rings. The van der Waals surface area contributed by atoms with Crippen molar-refractivity contribution in [3.05, 3.63) is 21.7 Å². The SMILES string of the molecule is CCC(NSC(C)(C)C)c1c(Cl)nc(C)nc1Cl. The first-order valence-corrected chi connectivity index (χ1v) is 7.45. The Balaban J connectivity index is 2.95. The zero-order chi connectivity index (χ0) is 13.9. The maximum Gasteiger partial charge on any atom is 0.139 e. The van der Waals surface area contributed by atoms with Gasteiger partial charge in [-0.05, 0) is 34.1 Å². The average molecular weight is 308 g/mol. The van der Waals surface area contributed by atoms with Gasteiger partial charge in [0.25, 0.3) is 0 Å². The fraction of sp³-hybridized carbons (Fsp3) is 0.667. The van der Waals surface area contributed by atoms with Crippen LogP contribution in [0.5, 0.6) is 0 Å². The molecular weight excluding hydrogens is 289 g/mol. The van der Waals surface area contributed by atoms with Gasteiger partial charge in [-0.15, -0.1) is 0 Å². The van der Waals surface area contributed by atoms with Crippen LogP contribution in [-0.4, -0.2) is 14.7 Å². The van der Waals surface area contributed by atoms with E-state index in [-0.39, 0.29) is 10.8 Å². The standard InChI is InChI=1S/C12H19Cl2N3S/c1-6-8(17-18-12(3,4)5)9-10(13)15-7(2)16-11(9)14/h8,17H,6H2,1-5H3. The lowest BCUT2D eigenvalue weighted by molar-refractivity contribution is 0.636. The highest BCUT2D eigenvalue weighted by atomic mass is 35.5. The van der Waals surface area contributed by atoms with Crippen LogP contribution in [-0.2, 0) is 0 Å². The van der Waals surface area contributed by atoms with Gasteiger partial charge in [-0.25, -0.2) is 9.97 Å². The molecule has 0 spiro atoms. The van der Waals surface area contributed by atoms with E-state index in [0.717, 1.165) is 12.0 Å². The van der Waals surface area contributed by atoms with Crippen molar-refractivity contribution in [3.8, 4) is 0 Å². The van der Waals surface area contributed by atoms with Crippen molar-refractivity contribution < 1.29 is 0 Å². The minimum atomic E-state index is 0.0508. The molecule has 18 heavy (non-hydrogen) atoms. The molecule has 3 nitrogen and oxygen atoms in total. The third-order valence-electron chi connectivity index (χ3n) is 2.23. The molecule has 102 valence electrons. The van der Waals surface area contributed by atoms with E-state index in [9.17, 15) is 0 Å². The molecule has 1 aromatic heterocycles. The van der Waals surface area contributed by atoms with Gasteiger partial charge in [-0.1, -0.05) is 42.1 Å². The van der Waals surface area contributed by atoms with Crippen LogP contribution in [0.2, 0.25) is 10.3 Å². The first-order valence-electron chi connectivity index (χ1n) is 5.87. The summed E-state index contributed by atoms with van der Waals surface area (Å²) in [4.78, 5) is 8.34. The van der Waals surface area contributed by atoms with Crippen LogP contribution in [0.25, 0.3) is 0 Å². The van der Waals surface area contributed by atoms with Crippen LogP contribution < -0.4 is 4.72 Å². The Morgan fingerprint density at radius 2 is 1.72 bits per heavy atom. The summed E-state index contributed by atoms with van der Waals surface area (Å²) in [5.74, 6) is 0.590. The highest BCUT2D eigenvalue weighted by molar-refractivity contribution is 7.98. The highest BCUT2D eigenvalue weighted by Gasteiger charge is 2.21. The van der Waals surface area contributed by atoms with Crippen molar-refractivity contribution in [1.29, 1.82) is 0 Å². The summed E-state index contributed by atoms with van der Waals surface area (Å²) in [7, 11) is 0. The molecule has 0 amide bonds. The number of aromatic nitrogens is 2. The summed E-state index contributed by atoms with van der Waals surface area (Å²) < 4.78 is 3.52. The Morgan fingerprint density at radius 1 is 1.22 bits per heavy atom. The van der Waals surface area contributed by atoms with Gasteiger partial charge >= 0.3 is 0 Å². The van der Waals surface area contributed by atoms with Crippen molar-refractivity contribution in [2.24, 2.45) is 0 Å².